The molecule has 0 heterocycles. The Kier molecular flexibility index (Phi) is 13.7. The minimum atomic E-state index is -1.16. The summed E-state index contributed by atoms with van der Waals surface area (Å²) in [6.45, 7) is 5.31. The Hall–Kier alpha value is -5.77. The maximum Gasteiger partial charge on any atom is 0.328 e. The van der Waals surface area contributed by atoms with E-state index in [1.165, 1.54) is 0 Å². The number of fused-ring (bicyclic) bond motifs is 3. The van der Waals surface area contributed by atoms with Crippen molar-refractivity contribution in [1.82, 2.24) is 5.32 Å². The van der Waals surface area contributed by atoms with Crippen molar-refractivity contribution in [3.63, 3.8) is 0 Å². The molecule has 0 radical (unpaired) electrons. The summed E-state index contributed by atoms with van der Waals surface area (Å²) < 4.78 is 22.2. The third-order valence-electron chi connectivity index (χ3n) is 8.97. The summed E-state index contributed by atoms with van der Waals surface area (Å²) in [6.07, 6.45) is -0.770. The maximum absolute atomic E-state index is 13.3. The van der Waals surface area contributed by atoms with Gasteiger partial charge in [0.25, 0.3) is 0 Å². The number of carbonyl (C=O) groups excluding carboxylic acids is 5. The lowest BCUT2D eigenvalue weighted by Crippen LogP contribution is -2.42. The summed E-state index contributed by atoms with van der Waals surface area (Å²) >= 11 is 0. The zero-order valence-corrected chi connectivity index (χ0v) is 31.0. The molecule has 10 heteroatoms. The quantitative estimate of drug-likeness (QED) is 0.0882. The summed E-state index contributed by atoms with van der Waals surface area (Å²) in [5.41, 5.74) is 5.06. The molecule has 1 aliphatic carbocycles. The van der Waals surface area contributed by atoms with Crippen LogP contribution in [0.25, 0.3) is 11.1 Å². The van der Waals surface area contributed by atoms with Crippen molar-refractivity contribution in [1.29, 1.82) is 0 Å². The van der Waals surface area contributed by atoms with E-state index in [0.717, 1.165) is 33.4 Å². The highest BCUT2D eigenvalue weighted by Crippen LogP contribution is 2.44. The van der Waals surface area contributed by atoms with E-state index in [1.807, 2.05) is 97.1 Å². The van der Waals surface area contributed by atoms with Crippen LogP contribution in [-0.4, -0.2) is 48.0 Å². The predicted molar refractivity (Wildman–Crippen MR) is 202 cm³/mol. The van der Waals surface area contributed by atoms with E-state index >= 15 is 0 Å². The number of carbonyl (C=O) groups is 5. The molecule has 0 spiro atoms. The lowest BCUT2D eigenvalue weighted by atomic mass is 9.97. The average molecular weight is 734 g/mol. The molecule has 0 aromatic heterocycles. The summed E-state index contributed by atoms with van der Waals surface area (Å²) in [6, 6.07) is 33.1. The fraction of sp³-hybridized carbons (Fsp3) is 0.341. The number of ether oxygens (including phenoxy) is 4. The molecule has 54 heavy (non-hydrogen) atoms. The van der Waals surface area contributed by atoms with Crippen LogP contribution in [0.2, 0.25) is 0 Å². The summed E-state index contributed by atoms with van der Waals surface area (Å²) in [4.78, 5) is 65.7. The van der Waals surface area contributed by atoms with Crippen molar-refractivity contribution in [2.75, 3.05) is 6.61 Å². The first-order chi connectivity index (χ1) is 26.0. The Balaban J connectivity index is 1.19. The van der Waals surface area contributed by atoms with Crippen LogP contribution < -0.4 is 5.32 Å². The van der Waals surface area contributed by atoms with E-state index in [9.17, 15) is 24.0 Å². The predicted octanol–water partition coefficient (Wildman–Crippen LogP) is 7.22. The van der Waals surface area contributed by atoms with Crippen LogP contribution in [0.4, 0.5) is 0 Å². The highest BCUT2D eigenvalue weighted by Gasteiger charge is 2.32. The first-order valence-corrected chi connectivity index (χ1v) is 18.2. The van der Waals surface area contributed by atoms with E-state index in [-0.39, 0.29) is 57.8 Å². The Morgan fingerprint density at radius 1 is 0.611 bits per heavy atom. The standard InChI is InChI=1S/C44H47NO9/c1-44(2,3)54-42(49)32(26-41(48)52-29-37-35-20-12-10-18-33(35)34-19-11-13-21-36(34)37)22-24-39(46)45-38(43(50)53-28-31-16-8-5-9-17-31)23-25-40(47)51-27-30-14-6-4-7-15-30/h4-21,32,37-38H,22-29H2,1-3H3,(H,45,46). The van der Waals surface area contributed by atoms with Crippen molar-refractivity contribution in [3.05, 3.63) is 131 Å². The summed E-state index contributed by atoms with van der Waals surface area (Å²) in [5, 5.41) is 2.67. The molecule has 1 aliphatic rings. The maximum atomic E-state index is 13.3. The van der Waals surface area contributed by atoms with E-state index in [4.69, 9.17) is 18.9 Å². The van der Waals surface area contributed by atoms with E-state index in [2.05, 4.69) is 5.32 Å². The van der Waals surface area contributed by atoms with Crippen molar-refractivity contribution < 1.29 is 42.9 Å². The molecule has 2 unspecified atom stereocenters. The lowest BCUT2D eigenvalue weighted by Gasteiger charge is -2.24. The second-order valence-corrected chi connectivity index (χ2v) is 14.3. The monoisotopic (exact) mass is 733 g/mol. The molecule has 10 nitrogen and oxygen atoms in total. The molecule has 0 fully saturated rings. The summed E-state index contributed by atoms with van der Waals surface area (Å²) in [5.74, 6) is -4.18. The lowest BCUT2D eigenvalue weighted by molar-refractivity contribution is -0.164. The highest BCUT2D eigenvalue weighted by molar-refractivity contribution is 5.86. The third kappa shape index (κ3) is 11.6. The Morgan fingerprint density at radius 3 is 1.72 bits per heavy atom. The fourth-order valence-electron chi connectivity index (χ4n) is 6.29. The topological polar surface area (TPSA) is 134 Å². The number of rotatable bonds is 17. The minimum absolute atomic E-state index is 0.0225. The van der Waals surface area contributed by atoms with Crippen molar-refractivity contribution in [2.45, 2.75) is 83.6 Å². The number of nitrogens with one attached hydrogen (secondary N) is 1. The first-order valence-electron chi connectivity index (χ1n) is 18.2. The summed E-state index contributed by atoms with van der Waals surface area (Å²) in [7, 11) is 0. The minimum Gasteiger partial charge on any atom is -0.465 e. The number of hydrogen-bond acceptors (Lipinski definition) is 9. The van der Waals surface area contributed by atoms with Gasteiger partial charge >= 0.3 is 23.9 Å². The van der Waals surface area contributed by atoms with E-state index in [0.29, 0.717) is 0 Å². The number of amides is 1. The van der Waals surface area contributed by atoms with Gasteiger partial charge in [-0.15, -0.1) is 0 Å². The van der Waals surface area contributed by atoms with Crippen LogP contribution in [0.15, 0.2) is 109 Å². The van der Waals surface area contributed by atoms with Crippen LogP contribution in [0.5, 0.6) is 0 Å². The molecule has 282 valence electrons. The second kappa shape index (κ2) is 18.8. The van der Waals surface area contributed by atoms with Crippen LogP contribution in [0.1, 0.15) is 81.0 Å². The van der Waals surface area contributed by atoms with Crippen LogP contribution in [-0.2, 0) is 56.1 Å². The molecule has 0 bridgehead atoms. The highest BCUT2D eigenvalue weighted by atomic mass is 16.6. The largest absolute Gasteiger partial charge is 0.465 e. The second-order valence-electron chi connectivity index (χ2n) is 14.3. The van der Waals surface area contributed by atoms with Gasteiger partial charge in [-0.2, -0.15) is 0 Å². The van der Waals surface area contributed by atoms with Gasteiger partial charge in [0.15, 0.2) is 0 Å². The van der Waals surface area contributed by atoms with Crippen molar-refractivity contribution in [3.8, 4) is 11.1 Å². The van der Waals surface area contributed by atoms with E-state index in [1.54, 1.807) is 32.9 Å². The van der Waals surface area contributed by atoms with Crippen LogP contribution >= 0.6 is 0 Å². The third-order valence-corrected chi connectivity index (χ3v) is 8.97. The number of hydrogen-bond donors (Lipinski definition) is 1. The molecule has 0 saturated heterocycles. The zero-order chi connectivity index (χ0) is 38.5. The Morgan fingerprint density at radius 2 is 1.15 bits per heavy atom. The molecule has 0 saturated carbocycles. The SMILES string of the molecule is CC(C)(C)OC(=O)C(CCC(=O)NC(CCC(=O)OCc1ccccc1)C(=O)OCc1ccccc1)CC(=O)OCC1c2ccccc2-c2ccccc21. The van der Waals surface area contributed by atoms with Gasteiger partial charge in [-0.05, 0) is 67.0 Å². The van der Waals surface area contributed by atoms with Gasteiger partial charge in [0, 0.05) is 18.8 Å². The van der Waals surface area contributed by atoms with E-state index < -0.39 is 47.3 Å². The van der Waals surface area contributed by atoms with Gasteiger partial charge in [-0.1, -0.05) is 109 Å². The smallest absolute Gasteiger partial charge is 0.328 e. The Labute approximate surface area is 316 Å². The molecular formula is C44H47NO9. The molecule has 1 N–H and O–H groups in total. The van der Waals surface area contributed by atoms with Crippen LogP contribution in [0.3, 0.4) is 0 Å². The molecule has 4 aromatic carbocycles. The molecule has 4 aromatic rings. The normalized spacial score (nSPS) is 13.1. The first kappa shape index (κ1) is 39.4. The number of benzene rings is 4. The Bertz CT molecular complexity index is 1860. The average Bonchev–Trinajstić information content (AvgIpc) is 3.49. The molecule has 1 amide bonds. The molecule has 0 aliphatic heterocycles. The van der Waals surface area contributed by atoms with Gasteiger partial charge in [0.1, 0.15) is 31.5 Å². The fourth-order valence-corrected chi connectivity index (χ4v) is 6.29. The van der Waals surface area contributed by atoms with Gasteiger partial charge < -0.3 is 24.3 Å². The van der Waals surface area contributed by atoms with Crippen LogP contribution in [0, 0.1) is 5.92 Å². The van der Waals surface area contributed by atoms with Gasteiger partial charge in [0.05, 0.1) is 12.3 Å². The molecule has 2 atom stereocenters. The van der Waals surface area contributed by atoms with Crippen molar-refractivity contribution >= 4 is 29.8 Å². The van der Waals surface area contributed by atoms with Gasteiger partial charge in [0.2, 0.25) is 5.91 Å². The number of esters is 4. The van der Waals surface area contributed by atoms with Gasteiger partial charge in [-0.25, -0.2) is 4.79 Å². The zero-order valence-electron chi connectivity index (χ0n) is 31.0. The molecule has 5 rings (SSSR count). The van der Waals surface area contributed by atoms with Gasteiger partial charge in [-0.3, -0.25) is 19.2 Å². The molecular weight excluding hydrogens is 686 g/mol. The van der Waals surface area contributed by atoms with Crippen molar-refractivity contribution in [2.24, 2.45) is 5.92 Å².